The Hall–Kier alpha value is -0.940. The Bertz CT molecular complexity index is 340. The smallest absolute Gasteiger partial charge is 0.323 e. The summed E-state index contributed by atoms with van der Waals surface area (Å²) in [6.07, 6.45) is 2.70. The van der Waals surface area contributed by atoms with Crippen molar-refractivity contribution in [2.75, 3.05) is 7.11 Å². The van der Waals surface area contributed by atoms with E-state index in [0.717, 1.165) is 11.4 Å². The molecule has 0 aliphatic heterocycles. The van der Waals surface area contributed by atoms with Crippen LogP contribution >= 0.6 is 11.3 Å². The maximum absolute atomic E-state index is 11.7. The van der Waals surface area contributed by atoms with Gasteiger partial charge in [-0.3, -0.25) is 10.1 Å². The molecule has 1 N–H and O–H groups in total. The third-order valence-corrected chi connectivity index (χ3v) is 3.88. The SMILES string of the molecule is CCC(C)C(NC(C)c1nccs1)C(=O)OC. The average molecular weight is 256 g/mol. The predicted octanol–water partition coefficient (Wildman–Crippen LogP) is 2.38. The van der Waals surface area contributed by atoms with Crippen molar-refractivity contribution in [1.82, 2.24) is 10.3 Å². The van der Waals surface area contributed by atoms with E-state index in [4.69, 9.17) is 4.74 Å². The topological polar surface area (TPSA) is 51.2 Å². The minimum atomic E-state index is -0.274. The first-order chi connectivity index (χ1) is 8.10. The second-order valence-corrected chi connectivity index (χ2v) is 5.07. The van der Waals surface area contributed by atoms with E-state index in [1.54, 1.807) is 17.5 Å². The van der Waals surface area contributed by atoms with E-state index >= 15 is 0 Å². The lowest BCUT2D eigenvalue weighted by Crippen LogP contribution is -2.43. The van der Waals surface area contributed by atoms with Gasteiger partial charge in [0.05, 0.1) is 13.2 Å². The summed E-state index contributed by atoms with van der Waals surface area (Å²) in [6.45, 7) is 6.12. The van der Waals surface area contributed by atoms with Gasteiger partial charge in [0.15, 0.2) is 0 Å². The van der Waals surface area contributed by atoms with Crippen molar-refractivity contribution in [3.8, 4) is 0 Å². The van der Waals surface area contributed by atoms with Gasteiger partial charge in [0, 0.05) is 11.6 Å². The summed E-state index contributed by atoms with van der Waals surface area (Å²) in [5, 5.41) is 6.22. The molecule has 0 saturated heterocycles. The average Bonchev–Trinajstić information content (AvgIpc) is 2.87. The summed E-state index contributed by atoms with van der Waals surface area (Å²) in [4.78, 5) is 16.0. The molecular formula is C12H20N2O2S. The van der Waals surface area contributed by atoms with Crippen LogP contribution in [0.4, 0.5) is 0 Å². The Morgan fingerprint density at radius 3 is 2.76 bits per heavy atom. The standard InChI is InChI=1S/C12H20N2O2S/c1-5-8(2)10(12(15)16-4)14-9(3)11-13-6-7-17-11/h6-10,14H,5H2,1-4H3. The van der Waals surface area contributed by atoms with Crippen molar-refractivity contribution in [1.29, 1.82) is 0 Å². The van der Waals surface area contributed by atoms with Gasteiger partial charge in [0.25, 0.3) is 0 Å². The number of rotatable bonds is 6. The van der Waals surface area contributed by atoms with E-state index in [0.29, 0.717) is 0 Å². The fraction of sp³-hybridized carbons (Fsp3) is 0.667. The molecule has 0 saturated carbocycles. The van der Waals surface area contributed by atoms with E-state index in [2.05, 4.69) is 17.2 Å². The van der Waals surface area contributed by atoms with Crippen molar-refractivity contribution >= 4 is 17.3 Å². The Morgan fingerprint density at radius 1 is 1.59 bits per heavy atom. The van der Waals surface area contributed by atoms with Crippen molar-refractivity contribution in [2.24, 2.45) is 5.92 Å². The van der Waals surface area contributed by atoms with Crippen LogP contribution in [0.1, 0.15) is 38.2 Å². The second kappa shape index (κ2) is 6.71. The summed E-state index contributed by atoms with van der Waals surface area (Å²) >= 11 is 1.59. The number of aromatic nitrogens is 1. The molecule has 1 aromatic heterocycles. The fourth-order valence-corrected chi connectivity index (χ4v) is 2.27. The molecule has 4 nitrogen and oxygen atoms in total. The molecule has 17 heavy (non-hydrogen) atoms. The van der Waals surface area contributed by atoms with Gasteiger partial charge in [0.1, 0.15) is 11.0 Å². The van der Waals surface area contributed by atoms with Crippen LogP contribution in [0.3, 0.4) is 0 Å². The minimum Gasteiger partial charge on any atom is -0.468 e. The number of carbonyl (C=O) groups is 1. The summed E-state index contributed by atoms with van der Waals surface area (Å²) in [6, 6.07) is -0.211. The van der Waals surface area contributed by atoms with E-state index in [-0.39, 0.29) is 24.0 Å². The van der Waals surface area contributed by atoms with E-state index in [1.807, 2.05) is 19.2 Å². The van der Waals surface area contributed by atoms with Crippen LogP contribution < -0.4 is 5.32 Å². The number of esters is 1. The molecule has 0 aliphatic rings. The number of nitrogens with one attached hydrogen (secondary N) is 1. The number of hydrogen-bond donors (Lipinski definition) is 1. The van der Waals surface area contributed by atoms with Crippen LogP contribution in [-0.2, 0) is 9.53 Å². The first kappa shape index (κ1) is 14.1. The quantitative estimate of drug-likeness (QED) is 0.794. The summed E-state index contributed by atoms with van der Waals surface area (Å²) in [7, 11) is 1.42. The molecule has 0 spiro atoms. The molecular weight excluding hydrogens is 236 g/mol. The molecule has 3 atom stereocenters. The Labute approximate surface area is 106 Å². The zero-order valence-corrected chi connectivity index (χ0v) is 11.6. The van der Waals surface area contributed by atoms with Gasteiger partial charge in [-0.25, -0.2) is 4.98 Å². The summed E-state index contributed by atoms with van der Waals surface area (Å²) in [5.41, 5.74) is 0. The largest absolute Gasteiger partial charge is 0.468 e. The number of ether oxygens (including phenoxy) is 1. The molecule has 0 fully saturated rings. The van der Waals surface area contributed by atoms with Gasteiger partial charge in [-0.15, -0.1) is 11.3 Å². The van der Waals surface area contributed by atoms with Gasteiger partial charge in [-0.05, 0) is 12.8 Å². The number of methoxy groups -OCH3 is 1. The zero-order chi connectivity index (χ0) is 12.8. The molecule has 5 heteroatoms. The lowest BCUT2D eigenvalue weighted by molar-refractivity contribution is -0.144. The first-order valence-electron chi connectivity index (χ1n) is 5.83. The van der Waals surface area contributed by atoms with Crippen LogP contribution in [0.2, 0.25) is 0 Å². The molecule has 0 radical (unpaired) electrons. The molecule has 0 aromatic carbocycles. The predicted molar refractivity (Wildman–Crippen MR) is 68.9 cm³/mol. The van der Waals surface area contributed by atoms with E-state index < -0.39 is 0 Å². The number of hydrogen-bond acceptors (Lipinski definition) is 5. The third kappa shape index (κ3) is 3.78. The summed E-state index contributed by atoms with van der Waals surface area (Å²) in [5.74, 6) is 0.0348. The van der Waals surface area contributed by atoms with Gasteiger partial charge in [0.2, 0.25) is 0 Å². The first-order valence-corrected chi connectivity index (χ1v) is 6.71. The Kier molecular flexibility index (Phi) is 5.58. The van der Waals surface area contributed by atoms with Crippen LogP contribution in [-0.4, -0.2) is 24.1 Å². The molecule has 3 unspecified atom stereocenters. The number of nitrogens with zero attached hydrogens (tertiary/aromatic N) is 1. The zero-order valence-electron chi connectivity index (χ0n) is 10.8. The van der Waals surface area contributed by atoms with Crippen LogP contribution in [0.5, 0.6) is 0 Å². The van der Waals surface area contributed by atoms with Crippen LogP contribution in [0, 0.1) is 5.92 Å². The lowest BCUT2D eigenvalue weighted by atomic mass is 9.98. The Morgan fingerprint density at radius 2 is 2.29 bits per heavy atom. The van der Waals surface area contributed by atoms with Crippen molar-refractivity contribution < 1.29 is 9.53 Å². The Balaban J connectivity index is 2.69. The van der Waals surface area contributed by atoms with Gasteiger partial charge in [-0.1, -0.05) is 20.3 Å². The summed E-state index contributed by atoms with van der Waals surface area (Å²) < 4.78 is 4.84. The highest BCUT2D eigenvalue weighted by Crippen LogP contribution is 2.18. The monoisotopic (exact) mass is 256 g/mol. The minimum absolute atomic E-state index is 0.0631. The molecule has 96 valence electrons. The number of thiazole rings is 1. The maximum Gasteiger partial charge on any atom is 0.323 e. The van der Waals surface area contributed by atoms with E-state index in [9.17, 15) is 4.79 Å². The fourth-order valence-electron chi connectivity index (χ4n) is 1.62. The van der Waals surface area contributed by atoms with Crippen LogP contribution in [0.25, 0.3) is 0 Å². The molecule has 1 heterocycles. The van der Waals surface area contributed by atoms with Crippen molar-refractivity contribution in [3.05, 3.63) is 16.6 Å². The second-order valence-electron chi connectivity index (χ2n) is 4.15. The van der Waals surface area contributed by atoms with Gasteiger partial charge < -0.3 is 4.74 Å². The highest BCUT2D eigenvalue weighted by molar-refractivity contribution is 7.09. The maximum atomic E-state index is 11.7. The molecule has 0 amide bonds. The van der Waals surface area contributed by atoms with Crippen LogP contribution in [0.15, 0.2) is 11.6 Å². The van der Waals surface area contributed by atoms with Crippen molar-refractivity contribution in [2.45, 2.75) is 39.3 Å². The molecule has 0 aliphatic carbocycles. The van der Waals surface area contributed by atoms with Gasteiger partial charge >= 0.3 is 5.97 Å². The third-order valence-electron chi connectivity index (χ3n) is 2.92. The molecule has 1 rings (SSSR count). The highest BCUT2D eigenvalue weighted by atomic mass is 32.1. The number of carbonyl (C=O) groups excluding carboxylic acids is 1. The van der Waals surface area contributed by atoms with Gasteiger partial charge in [-0.2, -0.15) is 0 Å². The van der Waals surface area contributed by atoms with E-state index in [1.165, 1.54) is 7.11 Å². The molecule has 1 aromatic rings. The normalized spacial score (nSPS) is 16.2. The highest BCUT2D eigenvalue weighted by Gasteiger charge is 2.27. The lowest BCUT2D eigenvalue weighted by Gasteiger charge is -2.24. The molecule has 0 bridgehead atoms. The van der Waals surface area contributed by atoms with Crippen molar-refractivity contribution in [3.63, 3.8) is 0 Å².